The van der Waals surface area contributed by atoms with E-state index in [0.717, 1.165) is 21.5 Å². The van der Waals surface area contributed by atoms with Crippen LogP contribution in [0.1, 0.15) is 22.8 Å². The van der Waals surface area contributed by atoms with Crippen molar-refractivity contribution in [3.8, 4) is 11.5 Å². The molecule has 2 aromatic rings. The number of carbonyl (C=O) groups is 1. The molecule has 0 aliphatic carbocycles. The van der Waals surface area contributed by atoms with Crippen molar-refractivity contribution in [2.45, 2.75) is 19.4 Å². The van der Waals surface area contributed by atoms with Crippen molar-refractivity contribution in [3.63, 3.8) is 0 Å². The summed E-state index contributed by atoms with van der Waals surface area (Å²) in [7, 11) is 0. The number of hydrogen-bond acceptors (Lipinski definition) is 3. The smallest absolute Gasteiger partial charge is 0.204 e. The molecule has 1 aliphatic rings. The Balaban J connectivity index is 1.81. The number of benzene rings is 2. The summed E-state index contributed by atoms with van der Waals surface area (Å²) in [6.07, 6.45) is 0.172. The second-order valence-electron chi connectivity index (χ2n) is 4.86. The van der Waals surface area contributed by atoms with Crippen LogP contribution in [0.15, 0.2) is 46.9 Å². The van der Waals surface area contributed by atoms with Crippen LogP contribution >= 0.6 is 15.9 Å². The second-order valence-corrected chi connectivity index (χ2v) is 5.71. The van der Waals surface area contributed by atoms with Gasteiger partial charge in [-0.1, -0.05) is 18.2 Å². The van der Waals surface area contributed by atoms with E-state index in [4.69, 9.17) is 9.47 Å². The fourth-order valence-electron chi connectivity index (χ4n) is 2.45. The van der Waals surface area contributed by atoms with Crippen molar-refractivity contribution < 1.29 is 14.3 Å². The summed E-state index contributed by atoms with van der Waals surface area (Å²) in [5, 5.41) is 0. The molecule has 0 bridgehead atoms. The Morgan fingerprint density at radius 2 is 2.14 bits per heavy atom. The normalized spacial score (nSPS) is 16.2. The molecule has 0 saturated heterocycles. The van der Waals surface area contributed by atoms with E-state index in [-0.39, 0.29) is 5.78 Å². The summed E-state index contributed by atoms with van der Waals surface area (Å²) in [5.74, 6) is 1.54. The topological polar surface area (TPSA) is 35.5 Å². The largest absolute Gasteiger partial charge is 0.494 e. The molecule has 0 aromatic heterocycles. The lowest BCUT2D eigenvalue weighted by Gasteiger charge is -2.12. The van der Waals surface area contributed by atoms with Crippen LogP contribution in [0.5, 0.6) is 11.5 Å². The molecule has 1 unspecified atom stereocenters. The van der Waals surface area contributed by atoms with Crippen molar-refractivity contribution in [2.75, 3.05) is 6.61 Å². The van der Waals surface area contributed by atoms with Gasteiger partial charge in [-0.25, -0.2) is 0 Å². The summed E-state index contributed by atoms with van der Waals surface area (Å²) >= 11 is 3.44. The number of hydrogen-bond donors (Lipinski definition) is 0. The molecule has 0 saturated carbocycles. The standard InChI is InChI=1S/C17H15BrO3/c1-2-20-12-7-8-13(14(18)10-12)17(19)16-9-11-5-3-4-6-15(11)21-16/h3-8,10,16H,2,9H2,1H3. The Hall–Kier alpha value is -1.81. The molecule has 4 heteroatoms. The maximum absolute atomic E-state index is 12.6. The van der Waals surface area contributed by atoms with Crippen LogP contribution in [0.4, 0.5) is 0 Å². The zero-order valence-corrected chi connectivity index (χ0v) is 13.2. The Kier molecular flexibility index (Phi) is 3.97. The number of carbonyl (C=O) groups excluding carboxylic acids is 1. The molecule has 1 atom stereocenters. The molecule has 108 valence electrons. The number of rotatable bonds is 4. The zero-order valence-electron chi connectivity index (χ0n) is 11.6. The highest BCUT2D eigenvalue weighted by atomic mass is 79.9. The molecule has 2 aromatic carbocycles. The Morgan fingerprint density at radius 1 is 1.33 bits per heavy atom. The van der Waals surface area contributed by atoms with E-state index >= 15 is 0 Å². The lowest BCUT2D eigenvalue weighted by Crippen LogP contribution is -2.25. The maximum Gasteiger partial charge on any atom is 0.204 e. The average Bonchev–Trinajstić information content (AvgIpc) is 2.91. The number of ether oxygens (including phenoxy) is 2. The van der Waals surface area contributed by atoms with E-state index in [9.17, 15) is 4.79 Å². The van der Waals surface area contributed by atoms with E-state index in [1.165, 1.54) is 0 Å². The Bertz CT molecular complexity index is 656. The highest BCUT2D eigenvalue weighted by Gasteiger charge is 2.30. The highest BCUT2D eigenvalue weighted by molar-refractivity contribution is 9.10. The number of ketones is 1. The van der Waals surface area contributed by atoms with Gasteiger partial charge < -0.3 is 9.47 Å². The number of Topliss-reactive ketones (excluding diaryl/α,β-unsaturated/α-hetero) is 1. The minimum absolute atomic E-state index is 0.0128. The van der Waals surface area contributed by atoms with Crippen LogP contribution in [0.25, 0.3) is 0 Å². The van der Waals surface area contributed by atoms with Crippen molar-refractivity contribution in [1.82, 2.24) is 0 Å². The van der Waals surface area contributed by atoms with Gasteiger partial charge in [0.1, 0.15) is 11.5 Å². The van der Waals surface area contributed by atoms with E-state index in [2.05, 4.69) is 15.9 Å². The first kappa shape index (κ1) is 14.1. The minimum Gasteiger partial charge on any atom is -0.494 e. The number of para-hydroxylation sites is 1. The fourth-order valence-corrected chi connectivity index (χ4v) is 3.01. The van der Waals surface area contributed by atoms with Gasteiger partial charge in [-0.05, 0) is 52.7 Å². The summed E-state index contributed by atoms with van der Waals surface area (Å²) < 4.78 is 11.9. The third-order valence-corrected chi connectivity index (χ3v) is 4.11. The van der Waals surface area contributed by atoms with E-state index in [1.807, 2.05) is 43.3 Å². The summed E-state index contributed by atoms with van der Waals surface area (Å²) in [5.41, 5.74) is 1.70. The van der Waals surface area contributed by atoms with Gasteiger partial charge in [0.25, 0.3) is 0 Å². The van der Waals surface area contributed by atoms with Crippen LogP contribution in [0.3, 0.4) is 0 Å². The van der Waals surface area contributed by atoms with Crippen LogP contribution in [-0.4, -0.2) is 18.5 Å². The molecule has 0 N–H and O–H groups in total. The van der Waals surface area contributed by atoms with Crippen molar-refractivity contribution >= 4 is 21.7 Å². The molecule has 1 heterocycles. The van der Waals surface area contributed by atoms with E-state index in [0.29, 0.717) is 18.6 Å². The summed E-state index contributed by atoms with van der Waals surface area (Å²) in [4.78, 5) is 12.6. The van der Waals surface area contributed by atoms with Gasteiger partial charge in [0.2, 0.25) is 5.78 Å². The van der Waals surface area contributed by atoms with Gasteiger partial charge in [0.15, 0.2) is 6.10 Å². The van der Waals surface area contributed by atoms with Crippen molar-refractivity contribution in [1.29, 1.82) is 0 Å². The fraction of sp³-hybridized carbons (Fsp3) is 0.235. The summed E-state index contributed by atoms with van der Waals surface area (Å²) in [6, 6.07) is 13.2. The minimum atomic E-state index is -0.448. The molecule has 0 radical (unpaired) electrons. The Labute approximate surface area is 132 Å². The second kappa shape index (κ2) is 5.90. The Morgan fingerprint density at radius 3 is 2.86 bits per heavy atom. The molecule has 0 spiro atoms. The first-order chi connectivity index (χ1) is 10.2. The predicted octanol–water partition coefficient (Wildman–Crippen LogP) is 4.03. The maximum atomic E-state index is 12.6. The molecular weight excluding hydrogens is 332 g/mol. The zero-order chi connectivity index (χ0) is 14.8. The van der Waals surface area contributed by atoms with Gasteiger partial charge in [0.05, 0.1) is 6.61 Å². The predicted molar refractivity (Wildman–Crippen MR) is 84.2 cm³/mol. The van der Waals surface area contributed by atoms with Crippen LogP contribution in [-0.2, 0) is 6.42 Å². The quantitative estimate of drug-likeness (QED) is 0.784. The van der Waals surface area contributed by atoms with E-state index in [1.54, 1.807) is 6.07 Å². The number of fused-ring (bicyclic) bond motifs is 1. The molecular formula is C17H15BrO3. The van der Waals surface area contributed by atoms with Crippen molar-refractivity contribution in [2.24, 2.45) is 0 Å². The SMILES string of the molecule is CCOc1ccc(C(=O)C2Cc3ccccc3O2)c(Br)c1. The van der Waals surface area contributed by atoms with Gasteiger partial charge in [-0.2, -0.15) is 0 Å². The van der Waals surface area contributed by atoms with Crippen LogP contribution in [0, 0.1) is 0 Å². The molecule has 3 rings (SSSR count). The first-order valence-electron chi connectivity index (χ1n) is 6.90. The monoisotopic (exact) mass is 346 g/mol. The lowest BCUT2D eigenvalue weighted by molar-refractivity contribution is 0.0824. The third kappa shape index (κ3) is 2.81. The summed E-state index contributed by atoms with van der Waals surface area (Å²) in [6.45, 7) is 2.53. The molecule has 0 fully saturated rings. The lowest BCUT2D eigenvalue weighted by atomic mass is 10.0. The molecule has 3 nitrogen and oxygen atoms in total. The van der Waals surface area contributed by atoms with Gasteiger partial charge in [-0.15, -0.1) is 0 Å². The van der Waals surface area contributed by atoms with Gasteiger partial charge in [-0.3, -0.25) is 4.79 Å². The van der Waals surface area contributed by atoms with Crippen LogP contribution in [0.2, 0.25) is 0 Å². The number of halogens is 1. The first-order valence-corrected chi connectivity index (χ1v) is 7.69. The van der Waals surface area contributed by atoms with Crippen LogP contribution < -0.4 is 9.47 Å². The van der Waals surface area contributed by atoms with E-state index < -0.39 is 6.10 Å². The van der Waals surface area contributed by atoms with Gasteiger partial charge in [0, 0.05) is 16.5 Å². The molecule has 21 heavy (non-hydrogen) atoms. The van der Waals surface area contributed by atoms with Crippen molar-refractivity contribution in [3.05, 3.63) is 58.1 Å². The third-order valence-electron chi connectivity index (χ3n) is 3.46. The highest BCUT2D eigenvalue weighted by Crippen LogP contribution is 2.31. The molecule has 1 aliphatic heterocycles. The molecule has 0 amide bonds. The van der Waals surface area contributed by atoms with Gasteiger partial charge >= 0.3 is 0 Å². The average molecular weight is 347 g/mol.